The molecule has 38 heavy (non-hydrogen) atoms. The summed E-state index contributed by atoms with van der Waals surface area (Å²) >= 11 is 0. The van der Waals surface area contributed by atoms with Crippen molar-refractivity contribution in [2.24, 2.45) is 0 Å². The molecule has 0 unspecified atom stereocenters. The van der Waals surface area contributed by atoms with Gasteiger partial charge < -0.3 is 4.74 Å². The van der Waals surface area contributed by atoms with E-state index < -0.39 is 0 Å². The predicted octanol–water partition coefficient (Wildman–Crippen LogP) is 6.76. The molecule has 192 valence electrons. The van der Waals surface area contributed by atoms with E-state index in [0.29, 0.717) is 18.6 Å². The fourth-order valence-corrected chi connectivity index (χ4v) is 5.13. The van der Waals surface area contributed by atoms with Crippen LogP contribution in [0.15, 0.2) is 71.5 Å². The molecule has 5 nitrogen and oxygen atoms in total. The highest BCUT2D eigenvalue weighted by Crippen LogP contribution is 2.29. The van der Waals surface area contributed by atoms with E-state index in [1.165, 1.54) is 0 Å². The summed E-state index contributed by atoms with van der Waals surface area (Å²) in [5, 5.41) is 9.49. The largest absolute Gasteiger partial charge is 0.493 e. The van der Waals surface area contributed by atoms with Gasteiger partial charge in [0.15, 0.2) is 0 Å². The minimum Gasteiger partial charge on any atom is -0.493 e. The highest BCUT2D eigenvalue weighted by Gasteiger charge is 2.21. The number of nitriles is 1. The molecule has 1 aliphatic rings. The van der Waals surface area contributed by atoms with Gasteiger partial charge in [-0.15, -0.1) is 0 Å². The van der Waals surface area contributed by atoms with Crippen molar-refractivity contribution in [3.8, 4) is 28.6 Å². The first kappa shape index (κ1) is 25.5. The Bertz CT molecular complexity index is 1560. The lowest BCUT2D eigenvalue weighted by Gasteiger charge is -2.20. The zero-order valence-electron chi connectivity index (χ0n) is 22.3. The van der Waals surface area contributed by atoms with Crippen LogP contribution in [0.5, 0.6) is 5.75 Å². The van der Waals surface area contributed by atoms with Crippen molar-refractivity contribution in [2.45, 2.75) is 58.8 Å². The zero-order chi connectivity index (χ0) is 26.6. The second-order valence-corrected chi connectivity index (χ2v) is 10.2. The van der Waals surface area contributed by atoms with Crippen molar-refractivity contribution in [3.05, 3.63) is 111 Å². The Labute approximate surface area is 224 Å². The van der Waals surface area contributed by atoms with Gasteiger partial charge in [0.05, 0.1) is 29.6 Å². The summed E-state index contributed by atoms with van der Waals surface area (Å²) < 4.78 is 7.51. The van der Waals surface area contributed by atoms with Crippen LogP contribution in [0.2, 0.25) is 0 Å². The number of benzene rings is 3. The third-order valence-corrected chi connectivity index (χ3v) is 7.20. The number of unbranched alkanes of at least 4 members (excludes halogenated alkanes) is 1. The van der Waals surface area contributed by atoms with E-state index in [1.807, 2.05) is 53.1 Å². The molecule has 0 bridgehead atoms. The van der Waals surface area contributed by atoms with E-state index in [0.717, 1.165) is 76.5 Å². The maximum absolute atomic E-state index is 14.2. The van der Waals surface area contributed by atoms with E-state index >= 15 is 0 Å². The van der Waals surface area contributed by atoms with Crippen LogP contribution in [0.3, 0.4) is 0 Å². The molecular weight excluding hydrogens is 470 g/mol. The Morgan fingerprint density at radius 1 is 1.08 bits per heavy atom. The summed E-state index contributed by atoms with van der Waals surface area (Å²) in [5.41, 5.74) is 7.25. The molecule has 0 atom stereocenters. The highest BCUT2D eigenvalue weighted by atomic mass is 16.5. The number of aromatic nitrogens is 2. The van der Waals surface area contributed by atoms with Crippen molar-refractivity contribution >= 4 is 0 Å². The van der Waals surface area contributed by atoms with Crippen LogP contribution < -0.4 is 10.3 Å². The number of aryl methyl sites for hydroxylation is 1. The van der Waals surface area contributed by atoms with Crippen LogP contribution in [-0.2, 0) is 19.3 Å². The average Bonchev–Trinajstić information content (AvgIpc) is 3.41. The van der Waals surface area contributed by atoms with E-state index in [-0.39, 0.29) is 11.5 Å². The monoisotopic (exact) mass is 503 g/mol. The van der Waals surface area contributed by atoms with Gasteiger partial charge in [0.25, 0.3) is 5.56 Å². The van der Waals surface area contributed by atoms with E-state index in [4.69, 9.17) is 9.72 Å². The Kier molecular flexibility index (Phi) is 7.42. The quantitative estimate of drug-likeness (QED) is 0.266. The van der Waals surface area contributed by atoms with Gasteiger partial charge >= 0.3 is 0 Å². The van der Waals surface area contributed by atoms with E-state index in [1.54, 1.807) is 0 Å². The maximum atomic E-state index is 14.2. The second kappa shape index (κ2) is 11.1. The number of fused-ring (bicyclic) bond motifs is 1. The third kappa shape index (κ3) is 4.99. The summed E-state index contributed by atoms with van der Waals surface area (Å²) in [6, 6.07) is 24.1. The molecule has 1 aromatic heterocycles. The molecule has 0 saturated carbocycles. The molecule has 0 N–H and O–H groups in total. The fraction of sp³-hybridized carbons (Fsp3) is 0.303. The Morgan fingerprint density at radius 3 is 2.61 bits per heavy atom. The minimum atomic E-state index is 0.00701. The van der Waals surface area contributed by atoms with Crippen molar-refractivity contribution < 1.29 is 4.74 Å². The Morgan fingerprint density at radius 2 is 1.87 bits per heavy atom. The molecule has 5 heteroatoms. The van der Waals surface area contributed by atoms with Crippen LogP contribution in [0.4, 0.5) is 0 Å². The molecule has 5 rings (SSSR count). The first-order valence-electron chi connectivity index (χ1n) is 13.5. The Hall–Kier alpha value is -4.17. The fourth-order valence-electron chi connectivity index (χ4n) is 5.13. The van der Waals surface area contributed by atoms with E-state index in [2.05, 4.69) is 45.0 Å². The molecule has 2 heterocycles. The molecule has 0 fully saturated rings. The number of hydrogen-bond acceptors (Lipinski definition) is 4. The highest BCUT2D eigenvalue weighted by molar-refractivity contribution is 5.70. The summed E-state index contributed by atoms with van der Waals surface area (Å²) in [4.78, 5) is 19.3. The number of hydrogen-bond donors (Lipinski definition) is 0. The zero-order valence-corrected chi connectivity index (χ0v) is 22.3. The lowest BCUT2D eigenvalue weighted by molar-refractivity contribution is 0.357. The van der Waals surface area contributed by atoms with Crippen molar-refractivity contribution in [1.82, 2.24) is 9.55 Å². The molecule has 1 aliphatic heterocycles. The van der Waals surface area contributed by atoms with Crippen LogP contribution in [0.25, 0.3) is 16.8 Å². The van der Waals surface area contributed by atoms with Crippen molar-refractivity contribution in [3.63, 3.8) is 0 Å². The van der Waals surface area contributed by atoms with Crippen LogP contribution in [0.1, 0.15) is 73.3 Å². The van der Waals surface area contributed by atoms with Crippen molar-refractivity contribution in [1.29, 1.82) is 5.26 Å². The summed E-state index contributed by atoms with van der Waals surface area (Å²) in [5.74, 6) is 1.80. The SMILES string of the molecule is CCCCc1nc(C(C)C)n(-c2ccc3c(c2)CCO3)c(=O)c1Cc1ccc(-c2ccccc2C#N)cc1. The first-order valence-corrected chi connectivity index (χ1v) is 13.5. The van der Waals surface area contributed by atoms with Crippen LogP contribution in [0, 0.1) is 11.3 Å². The smallest absolute Gasteiger partial charge is 0.261 e. The van der Waals surface area contributed by atoms with Gasteiger partial charge in [0, 0.05) is 24.3 Å². The van der Waals surface area contributed by atoms with Gasteiger partial charge in [-0.25, -0.2) is 4.98 Å². The predicted molar refractivity (Wildman–Crippen MR) is 151 cm³/mol. The minimum absolute atomic E-state index is 0.00701. The average molecular weight is 504 g/mol. The lowest BCUT2D eigenvalue weighted by atomic mass is 9.96. The summed E-state index contributed by atoms with van der Waals surface area (Å²) in [6.45, 7) is 7.03. The topological polar surface area (TPSA) is 67.9 Å². The van der Waals surface area contributed by atoms with Gasteiger partial charge in [-0.3, -0.25) is 9.36 Å². The molecule has 3 aromatic carbocycles. The van der Waals surface area contributed by atoms with Gasteiger partial charge in [0.2, 0.25) is 0 Å². The van der Waals surface area contributed by atoms with Crippen LogP contribution >= 0.6 is 0 Å². The van der Waals surface area contributed by atoms with E-state index in [9.17, 15) is 10.1 Å². The summed E-state index contributed by atoms with van der Waals surface area (Å²) in [7, 11) is 0. The normalized spacial score (nSPS) is 12.3. The lowest BCUT2D eigenvalue weighted by Crippen LogP contribution is -2.30. The van der Waals surface area contributed by atoms with Gasteiger partial charge in [-0.2, -0.15) is 5.26 Å². The Balaban J connectivity index is 1.58. The van der Waals surface area contributed by atoms with Gasteiger partial charge in [-0.1, -0.05) is 69.7 Å². The molecule has 4 aromatic rings. The number of nitrogens with zero attached hydrogens (tertiary/aromatic N) is 3. The second-order valence-electron chi connectivity index (χ2n) is 10.2. The van der Waals surface area contributed by atoms with Crippen molar-refractivity contribution in [2.75, 3.05) is 6.61 Å². The van der Waals surface area contributed by atoms with Crippen LogP contribution in [-0.4, -0.2) is 16.2 Å². The van der Waals surface area contributed by atoms with Gasteiger partial charge in [-0.05, 0) is 59.4 Å². The molecule has 0 spiro atoms. The third-order valence-electron chi connectivity index (χ3n) is 7.20. The molecule has 0 amide bonds. The summed E-state index contributed by atoms with van der Waals surface area (Å²) in [6.07, 6.45) is 4.18. The standard InChI is InChI=1S/C33H33N3O2/c1-4-5-10-30-29(19-23-11-13-24(14-12-23)28-9-7-6-8-26(28)21-34)33(37)36(32(35-30)22(2)3)27-15-16-31-25(20-27)17-18-38-31/h6-9,11-16,20,22H,4-5,10,17-19H2,1-3H3. The molecule has 0 radical (unpaired) electrons. The number of rotatable bonds is 8. The molecule has 0 aliphatic carbocycles. The molecular formula is C33H33N3O2. The number of ether oxygens (including phenoxy) is 1. The van der Waals surface area contributed by atoms with Gasteiger partial charge in [0.1, 0.15) is 11.6 Å². The first-order chi connectivity index (χ1) is 18.5. The molecule has 0 saturated heterocycles. The maximum Gasteiger partial charge on any atom is 0.261 e.